The molecule has 1 saturated heterocycles. The van der Waals surface area contributed by atoms with Crippen molar-refractivity contribution in [3.8, 4) is 0 Å². The van der Waals surface area contributed by atoms with Crippen molar-refractivity contribution in [2.24, 2.45) is 0 Å². The highest BCUT2D eigenvalue weighted by Crippen LogP contribution is 2.17. The van der Waals surface area contributed by atoms with Crippen LogP contribution in [0.4, 0.5) is 13.2 Å². The lowest BCUT2D eigenvalue weighted by Gasteiger charge is -2.34. The highest BCUT2D eigenvalue weighted by Gasteiger charge is 2.33. The smallest absolute Gasteiger partial charge is 0.335 e. The molecule has 1 aromatic rings. The zero-order chi connectivity index (χ0) is 13.9. The van der Waals surface area contributed by atoms with Gasteiger partial charge in [-0.1, -0.05) is 6.07 Å². The Morgan fingerprint density at radius 2 is 1.89 bits per heavy atom. The van der Waals surface area contributed by atoms with Crippen molar-refractivity contribution in [3.63, 3.8) is 0 Å². The Labute approximate surface area is 108 Å². The Balaban J connectivity index is 1.88. The molecule has 0 spiro atoms. The number of halogens is 3. The number of piperazine rings is 1. The van der Waals surface area contributed by atoms with Gasteiger partial charge in [-0.3, -0.25) is 14.7 Å². The van der Waals surface area contributed by atoms with Crippen LogP contribution >= 0.6 is 0 Å². The highest BCUT2D eigenvalue weighted by atomic mass is 19.4. The average Bonchev–Trinajstić information content (AvgIpc) is 2.38. The molecule has 2 heterocycles. The average molecular weight is 273 g/mol. The number of carbonyl (C=O) groups excluding carboxylic acids is 1. The molecule has 1 amide bonds. The van der Waals surface area contributed by atoms with Crippen molar-refractivity contribution in [3.05, 3.63) is 30.1 Å². The first-order valence-corrected chi connectivity index (χ1v) is 5.95. The number of hydrogen-bond donors (Lipinski definition) is 0. The number of carbonyl (C=O) groups is 1. The van der Waals surface area contributed by atoms with E-state index in [9.17, 15) is 18.0 Å². The second-order valence-electron chi connectivity index (χ2n) is 4.40. The van der Waals surface area contributed by atoms with Gasteiger partial charge in [0.15, 0.2) is 0 Å². The Bertz CT molecular complexity index is 428. The van der Waals surface area contributed by atoms with E-state index in [0.29, 0.717) is 18.8 Å². The molecule has 1 aromatic heterocycles. The third-order valence-electron chi connectivity index (χ3n) is 2.95. The van der Waals surface area contributed by atoms with Crippen LogP contribution in [-0.2, 0) is 0 Å². The lowest BCUT2D eigenvalue weighted by molar-refractivity contribution is -0.148. The summed E-state index contributed by atoms with van der Waals surface area (Å²) in [7, 11) is 0. The lowest BCUT2D eigenvalue weighted by atomic mass is 10.2. The maximum absolute atomic E-state index is 12.2. The molecule has 7 heteroatoms. The fourth-order valence-corrected chi connectivity index (χ4v) is 2.01. The Morgan fingerprint density at radius 3 is 2.42 bits per heavy atom. The van der Waals surface area contributed by atoms with Gasteiger partial charge in [-0.05, 0) is 12.1 Å². The molecule has 19 heavy (non-hydrogen) atoms. The zero-order valence-electron chi connectivity index (χ0n) is 10.2. The largest absolute Gasteiger partial charge is 0.401 e. The maximum Gasteiger partial charge on any atom is 0.401 e. The van der Waals surface area contributed by atoms with E-state index in [1.54, 1.807) is 18.2 Å². The topological polar surface area (TPSA) is 36.4 Å². The molecule has 0 bridgehead atoms. The third kappa shape index (κ3) is 3.92. The first-order valence-electron chi connectivity index (χ1n) is 5.95. The number of rotatable bonds is 2. The molecule has 104 valence electrons. The van der Waals surface area contributed by atoms with Gasteiger partial charge in [0, 0.05) is 32.4 Å². The molecular formula is C12H14F3N3O. The van der Waals surface area contributed by atoms with E-state index in [1.807, 2.05) is 0 Å². The quantitative estimate of drug-likeness (QED) is 0.817. The highest BCUT2D eigenvalue weighted by molar-refractivity contribution is 5.92. The maximum atomic E-state index is 12.2. The lowest BCUT2D eigenvalue weighted by Crippen LogP contribution is -2.51. The molecular weight excluding hydrogens is 259 g/mol. The number of nitrogens with zero attached hydrogens (tertiary/aromatic N) is 3. The molecule has 1 aliphatic heterocycles. The Kier molecular flexibility index (Phi) is 4.04. The van der Waals surface area contributed by atoms with E-state index >= 15 is 0 Å². The van der Waals surface area contributed by atoms with Gasteiger partial charge in [0.05, 0.1) is 6.54 Å². The predicted octanol–water partition coefficient (Wildman–Crippen LogP) is 1.40. The summed E-state index contributed by atoms with van der Waals surface area (Å²) in [5, 5.41) is 0. The first kappa shape index (κ1) is 13.8. The van der Waals surface area contributed by atoms with Crippen molar-refractivity contribution < 1.29 is 18.0 Å². The SMILES string of the molecule is O=C(c1ccccn1)N1CCN(CC(F)(F)F)CC1. The van der Waals surface area contributed by atoms with Crippen LogP contribution in [0.5, 0.6) is 0 Å². The molecule has 0 N–H and O–H groups in total. The fraction of sp³-hybridized carbons (Fsp3) is 0.500. The monoisotopic (exact) mass is 273 g/mol. The van der Waals surface area contributed by atoms with Gasteiger partial charge in [0.1, 0.15) is 5.69 Å². The summed E-state index contributed by atoms with van der Waals surface area (Å²) in [6, 6.07) is 5.02. The van der Waals surface area contributed by atoms with Crippen molar-refractivity contribution >= 4 is 5.91 Å². The van der Waals surface area contributed by atoms with Crippen LogP contribution in [0.1, 0.15) is 10.5 Å². The van der Waals surface area contributed by atoms with Gasteiger partial charge >= 0.3 is 6.18 Å². The van der Waals surface area contributed by atoms with Gasteiger partial charge in [-0.2, -0.15) is 13.2 Å². The van der Waals surface area contributed by atoms with E-state index in [1.165, 1.54) is 16.0 Å². The molecule has 2 rings (SSSR count). The van der Waals surface area contributed by atoms with Crippen molar-refractivity contribution in [2.45, 2.75) is 6.18 Å². The van der Waals surface area contributed by atoms with Crippen LogP contribution in [0, 0.1) is 0 Å². The zero-order valence-corrected chi connectivity index (χ0v) is 10.2. The van der Waals surface area contributed by atoms with Gasteiger partial charge in [0.25, 0.3) is 5.91 Å². The summed E-state index contributed by atoms with van der Waals surface area (Å²) in [6.45, 7) is 0.145. The van der Waals surface area contributed by atoms with Crippen LogP contribution in [0.2, 0.25) is 0 Å². The Hall–Kier alpha value is -1.63. The van der Waals surface area contributed by atoms with Crippen molar-refractivity contribution in [1.29, 1.82) is 0 Å². The predicted molar refractivity (Wildman–Crippen MR) is 62.6 cm³/mol. The second kappa shape index (κ2) is 5.56. The number of aromatic nitrogens is 1. The molecule has 0 aromatic carbocycles. The van der Waals surface area contributed by atoms with Crippen molar-refractivity contribution in [2.75, 3.05) is 32.7 Å². The minimum atomic E-state index is -4.19. The minimum Gasteiger partial charge on any atom is -0.335 e. The second-order valence-corrected chi connectivity index (χ2v) is 4.40. The summed E-state index contributed by atoms with van der Waals surface area (Å²) in [5.41, 5.74) is 0.326. The molecule has 1 fully saturated rings. The summed E-state index contributed by atoms with van der Waals surface area (Å²) < 4.78 is 36.7. The molecule has 0 atom stereocenters. The van der Waals surface area contributed by atoms with Crippen LogP contribution in [0.25, 0.3) is 0 Å². The molecule has 1 aliphatic rings. The molecule has 0 aliphatic carbocycles. The van der Waals surface area contributed by atoms with Crippen molar-refractivity contribution in [1.82, 2.24) is 14.8 Å². The standard InChI is InChI=1S/C12H14F3N3O/c13-12(14,15)9-17-5-7-18(8-6-17)11(19)10-3-1-2-4-16-10/h1-4H,5-9H2. The van der Waals surface area contributed by atoms with Crippen LogP contribution < -0.4 is 0 Å². The van der Waals surface area contributed by atoms with Gasteiger partial charge in [-0.25, -0.2) is 0 Å². The van der Waals surface area contributed by atoms with E-state index in [2.05, 4.69) is 4.98 Å². The van der Waals surface area contributed by atoms with E-state index in [0.717, 1.165) is 0 Å². The molecule has 0 unspecified atom stereocenters. The van der Waals surface area contributed by atoms with Crippen LogP contribution in [-0.4, -0.2) is 59.6 Å². The van der Waals surface area contributed by atoms with E-state index < -0.39 is 12.7 Å². The molecule has 0 saturated carbocycles. The van der Waals surface area contributed by atoms with Crippen LogP contribution in [0.3, 0.4) is 0 Å². The number of amides is 1. The number of hydrogen-bond acceptors (Lipinski definition) is 3. The molecule has 4 nitrogen and oxygen atoms in total. The van der Waals surface area contributed by atoms with E-state index in [-0.39, 0.29) is 19.0 Å². The summed E-state index contributed by atoms with van der Waals surface area (Å²) in [4.78, 5) is 18.8. The van der Waals surface area contributed by atoms with Gasteiger partial charge < -0.3 is 4.90 Å². The number of alkyl halides is 3. The first-order chi connectivity index (χ1) is 8.96. The summed E-state index contributed by atoms with van der Waals surface area (Å²) >= 11 is 0. The van der Waals surface area contributed by atoms with Gasteiger partial charge in [0.2, 0.25) is 0 Å². The van der Waals surface area contributed by atoms with E-state index in [4.69, 9.17) is 0 Å². The van der Waals surface area contributed by atoms with Gasteiger partial charge in [-0.15, -0.1) is 0 Å². The third-order valence-corrected chi connectivity index (χ3v) is 2.95. The van der Waals surface area contributed by atoms with Crippen LogP contribution in [0.15, 0.2) is 24.4 Å². The summed E-state index contributed by atoms with van der Waals surface area (Å²) in [6.07, 6.45) is -2.67. The Morgan fingerprint density at radius 1 is 1.21 bits per heavy atom. The molecule has 0 radical (unpaired) electrons. The number of pyridine rings is 1. The normalized spacial score (nSPS) is 17.5. The summed E-state index contributed by atoms with van der Waals surface area (Å²) in [5.74, 6) is -0.229. The minimum absolute atomic E-state index is 0.229. The fourth-order valence-electron chi connectivity index (χ4n) is 2.01.